The summed E-state index contributed by atoms with van der Waals surface area (Å²) in [5.41, 5.74) is 0.0598. The number of rotatable bonds is 15. The number of Topliss-reactive ketones (excluding diaryl/α,β-unsaturated/α-hetero) is 1. The number of esters is 2. The number of unbranched alkanes of at least 4 members (excludes halogenated alkanes) is 1. The minimum Gasteiger partial charge on any atom is -0.502 e. The Morgan fingerprint density at radius 2 is 1.60 bits per heavy atom. The van der Waals surface area contributed by atoms with Crippen molar-refractivity contribution in [1.29, 1.82) is 0 Å². The molecule has 0 saturated heterocycles. The zero-order valence-electron chi connectivity index (χ0n) is 16.7. The number of hydrogen-bond donors (Lipinski definition) is 1. The average molecular weight is 451 g/mol. The maximum absolute atomic E-state index is 11.7. The Kier molecular flexibility index (Phi) is 12.7. The lowest BCUT2D eigenvalue weighted by atomic mass is 10.3. The zero-order chi connectivity index (χ0) is 23.2. The first-order chi connectivity index (χ1) is 14.0. The monoisotopic (exact) mass is 451 g/mol. The molecule has 0 aliphatic heterocycles. The molecule has 0 fully saturated rings. The van der Waals surface area contributed by atoms with Crippen molar-refractivity contribution < 1.29 is 50.7 Å². The number of hydrogen-bond acceptors (Lipinski definition) is 11. The Labute approximate surface area is 174 Å². The van der Waals surface area contributed by atoms with Crippen LogP contribution in [0, 0.1) is 0 Å². The molecule has 0 aromatic heterocycles. The van der Waals surface area contributed by atoms with Gasteiger partial charge in [-0.15, -0.1) is 0 Å². The summed E-state index contributed by atoms with van der Waals surface area (Å²) in [6, 6.07) is 0. The maximum atomic E-state index is 11.7. The fourth-order valence-electron chi connectivity index (χ4n) is 1.51. The molecule has 0 aromatic rings. The molecule has 13 heteroatoms. The van der Waals surface area contributed by atoms with E-state index in [2.05, 4.69) is 22.1 Å². The molecular formula is C17H25NO11S. The third-order valence-corrected chi connectivity index (χ3v) is 3.83. The van der Waals surface area contributed by atoms with Crippen molar-refractivity contribution >= 4 is 34.1 Å². The van der Waals surface area contributed by atoms with Gasteiger partial charge in [-0.3, -0.25) is 8.98 Å². The Morgan fingerprint density at radius 3 is 2.17 bits per heavy atom. The normalized spacial score (nSPS) is 11.5. The summed E-state index contributed by atoms with van der Waals surface area (Å²) in [5, 5.41) is 0. The maximum Gasteiger partial charge on any atom is 0.422 e. The third kappa shape index (κ3) is 13.3. The highest BCUT2D eigenvalue weighted by Gasteiger charge is 2.23. The van der Waals surface area contributed by atoms with Crippen LogP contribution in [0.4, 0.5) is 4.79 Å². The van der Waals surface area contributed by atoms with E-state index < -0.39 is 53.4 Å². The predicted molar refractivity (Wildman–Crippen MR) is 101 cm³/mol. The van der Waals surface area contributed by atoms with Gasteiger partial charge in [0.25, 0.3) is 0 Å². The van der Waals surface area contributed by atoms with Gasteiger partial charge in [0.05, 0.1) is 19.5 Å². The molecule has 0 spiro atoms. The van der Waals surface area contributed by atoms with Gasteiger partial charge >= 0.3 is 28.3 Å². The Hall–Kier alpha value is -2.93. The van der Waals surface area contributed by atoms with E-state index in [9.17, 15) is 27.6 Å². The first-order valence-corrected chi connectivity index (χ1v) is 10.00. The van der Waals surface area contributed by atoms with E-state index in [4.69, 9.17) is 14.2 Å². The molecule has 0 heterocycles. The fourth-order valence-corrected chi connectivity index (χ4v) is 2.17. The van der Waals surface area contributed by atoms with Gasteiger partial charge in [-0.05, 0) is 19.8 Å². The van der Waals surface area contributed by atoms with Crippen LogP contribution in [0.2, 0.25) is 0 Å². The van der Waals surface area contributed by atoms with Crippen molar-refractivity contribution in [2.24, 2.45) is 0 Å². The van der Waals surface area contributed by atoms with E-state index in [0.717, 1.165) is 6.92 Å². The van der Waals surface area contributed by atoms with Crippen molar-refractivity contribution in [3.8, 4) is 0 Å². The summed E-state index contributed by atoms with van der Waals surface area (Å²) in [7, 11) is -4.44. The van der Waals surface area contributed by atoms with Crippen LogP contribution in [0.15, 0.2) is 25.0 Å². The summed E-state index contributed by atoms with van der Waals surface area (Å²) < 4.78 is 48.3. The van der Waals surface area contributed by atoms with Gasteiger partial charge in [0.1, 0.15) is 13.2 Å². The molecule has 1 amide bonds. The van der Waals surface area contributed by atoms with Crippen LogP contribution < -0.4 is 4.72 Å². The van der Waals surface area contributed by atoms with E-state index >= 15 is 0 Å². The number of amides is 1. The zero-order valence-corrected chi connectivity index (χ0v) is 17.5. The predicted octanol–water partition coefficient (Wildman–Crippen LogP) is 0.534. The van der Waals surface area contributed by atoms with Crippen molar-refractivity contribution in [3.63, 3.8) is 0 Å². The van der Waals surface area contributed by atoms with Crippen molar-refractivity contribution in [3.05, 3.63) is 25.0 Å². The largest absolute Gasteiger partial charge is 0.502 e. The summed E-state index contributed by atoms with van der Waals surface area (Å²) in [6.07, 6.45) is -0.710. The first kappa shape index (κ1) is 27.1. The van der Waals surface area contributed by atoms with Gasteiger partial charge in [-0.2, -0.15) is 13.1 Å². The fraction of sp³-hybridized carbons (Fsp3) is 0.529. The summed E-state index contributed by atoms with van der Waals surface area (Å²) in [5.74, 6) is -3.00. The van der Waals surface area contributed by atoms with E-state index in [1.165, 1.54) is 17.9 Å². The second kappa shape index (κ2) is 14.1. The van der Waals surface area contributed by atoms with Crippen LogP contribution >= 0.6 is 0 Å². The van der Waals surface area contributed by atoms with Gasteiger partial charge < -0.3 is 18.9 Å². The van der Waals surface area contributed by atoms with Crippen LogP contribution in [0.1, 0.15) is 26.7 Å². The van der Waals surface area contributed by atoms with Crippen LogP contribution in [0.25, 0.3) is 0 Å². The second-order valence-corrected chi connectivity index (χ2v) is 7.03. The van der Waals surface area contributed by atoms with E-state index in [-0.39, 0.29) is 12.2 Å². The van der Waals surface area contributed by atoms with Crippen LogP contribution in [-0.2, 0) is 47.8 Å². The lowest BCUT2D eigenvalue weighted by Crippen LogP contribution is -2.37. The van der Waals surface area contributed by atoms with Crippen molar-refractivity contribution in [2.75, 3.05) is 26.4 Å². The van der Waals surface area contributed by atoms with Gasteiger partial charge in [0.2, 0.25) is 5.78 Å². The number of nitrogens with one attached hydrogen (secondary N) is 1. The van der Waals surface area contributed by atoms with Gasteiger partial charge in [-0.25, -0.2) is 14.4 Å². The highest BCUT2D eigenvalue weighted by molar-refractivity contribution is 7.85. The molecule has 0 aliphatic rings. The minimum absolute atomic E-state index is 0.0598. The Bertz CT molecular complexity index is 745. The number of carbonyl (C=O) groups is 4. The minimum atomic E-state index is -4.44. The van der Waals surface area contributed by atoms with Crippen LogP contribution in [-0.4, -0.2) is 64.8 Å². The summed E-state index contributed by atoms with van der Waals surface area (Å²) in [4.78, 5) is 45.5. The van der Waals surface area contributed by atoms with Crippen LogP contribution in [0.3, 0.4) is 0 Å². The topological polar surface area (TPSA) is 161 Å². The molecular weight excluding hydrogens is 426 g/mol. The molecule has 0 radical (unpaired) electrons. The SMILES string of the molecule is C=COCCCCOS(=O)(=O)NC(=O)OCC(COC(=O)C(=C)C)OC(=O)C(C)=O. The van der Waals surface area contributed by atoms with E-state index in [0.29, 0.717) is 19.4 Å². The lowest BCUT2D eigenvalue weighted by molar-refractivity contribution is -0.163. The Balaban J connectivity index is 4.57. The first-order valence-electron chi connectivity index (χ1n) is 8.59. The molecule has 30 heavy (non-hydrogen) atoms. The molecule has 1 unspecified atom stereocenters. The molecule has 1 N–H and O–H groups in total. The molecule has 0 aromatic carbocycles. The quantitative estimate of drug-likeness (QED) is 0.0923. The highest BCUT2D eigenvalue weighted by atomic mass is 32.2. The molecule has 1 atom stereocenters. The summed E-state index contributed by atoms with van der Waals surface area (Å²) in [6.45, 7) is 7.88. The number of ether oxygens (including phenoxy) is 4. The molecule has 0 saturated carbocycles. The van der Waals surface area contributed by atoms with Gasteiger partial charge in [0, 0.05) is 12.5 Å². The lowest BCUT2D eigenvalue weighted by Gasteiger charge is -2.17. The third-order valence-electron chi connectivity index (χ3n) is 2.93. The smallest absolute Gasteiger partial charge is 0.422 e. The van der Waals surface area contributed by atoms with Crippen molar-refractivity contribution in [1.82, 2.24) is 4.72 Å². The van der Waals surface area contributed by atoms with E-state index in [1.807, 2.05) is 0 Å². The molecule has 0 rings (SSSR count). The van der Waals surface area contributed by atoms with Gasteiger partial charge in [0.15, 0.2) is 6.10 Å². The molecule has 12 nitrogen and oxygen atoms in total. The number of ketones is 1. The standard InChI is InChI=1S/C17H25NO11S/c1-5-25-8-6-7-9-28-30(23,24)18-17(22)27-11-14(29-16(21)13(4)19)10-26-15(20)12(2)3/h5,14H,1-2,6-11H2,3-4H3,(H,18,22). The molecule has 0 aliphatic carbocycles. The Morgan fingerprint density at radius 1 is 1.00 bits per heavy atom. The van der Waals surface area contributed by atoms with Crippen molar-refractivity contribution in [2.45, 2.75) is 32.8 Å². The van der Waals surface area contributed by atoms with Gasteiger partial charge in [-0.1, -0.05) is 13.2 Å². The average Bonchev–Trinajstić information content (AvgIpc) is 2.65. The summed E-state index contributed by atoms with van der Waals surface area (Å²) >= 11 is 0. The highest BCUT2D eigenvalue weighted by Crippen LogP contribution is 2.02. The molecule has 0 bridgehead atoms. The molecule has 170 valence electrons. The second-order valence-electron chi connectivity index (χ2n) is 5.68. The van der Waals surface area contributed by atoms with Crippen LogP contribution in [0.5, 0.6) is 0 Å². The number of carbonyl (C=O) groups excluding carboxylic acids is 4. The van der Waals surface area contributed by atoms with E-state index in [1.54, 1.807) is 0 Å².